The minimum Gasteiger partial charge on any atom is -0.268 e. The summed E-state index contributed by atoms with van der Waals surface area (Å²) in [7, 11) is 0. The Labute approximate surface area is 170 Å². The number of para-hydroxylation sites is 1. The molecule has 1 aromatic carbocycles. The Hall–Kier alpha value is -2.38. The Morgan fingerprint density at radius 2 is 2.14 bits per heavy atom. The number of thiophene rings is 1. The zero-order valence-corrected chi connectivity index (χ0v) is 17.2. The van der Waals surface area contributed by atoms with Crippen molar-refractivity contribution in [2.75, 3.05) is 5.75 Å². The van der Waals surface area contributed by atoms with Crippen LogP contribution in [0.15, 0.2) is 52.9 Å². The maximum atomic E-state index is 13.7. The minimum atomic E-state index is 0.00706. The fourth-order valence-corrected chi connectivity index (χ4v) is 6.26. The standard InChI is InChI=1S/C21H20N4OS2/c1-3-12-27-21-23-22-20-24(14-9-5-4-6-10-14)18(26)17-16-13(2)8-7-11-15(16)28-19(17)25(20)21/h3-6,9-10,13H,1,7-8,11-12H2,2H3/t13-/m1/s1. The molecule has 0 N–H and O–H groups in total. The van der Waals surface area contributed by atoms with Gasteiger partial charge in [0, 0.05) is 10.6 Å². The van der Waals surface area contributed by atoms with Crippen LogP contribution in [0.2, 0.25) is 0 Å². The summed E-state index contributed by atoms with van der Waals surface area (Å²) >= 11 is 3.32. The summed E-state index contributed by atoms with van der Waals surface area (Å²) in [6.07, 6.45) is 5.21. The summed E-state index contributed by atoms with van der Waals surface area (Å²) in [6, 6.07) is 9.73. The predicted octanol–water partition coefficient (Wildman–Crippen LogP) is 4.81. The molecule has 142 valence electrons. The Bertz CT molecular complexity index is 1250. The molecular formula is C21H20N4OS2. The molecule has 5 rings (SSSR count). The first kappa shape index (κ1) is 17.7. The number of nitrogens with zero attached hydrogens (tertiary/aromatic N) is 4. The third kappa shape index (κ3) is 2.57. The van der Waals surface area contributed by atoms with Crippen LogP contribution in [0.1, 0.15) is 36.1 Å². The average molecular weight is 409 g/mol. The lowest BCUT2D eigenvalue weighted by Crippen LogP contribution is -2.22. The number of thioether (sulfide) groups is 1. The number of benzene rings is 1. The van der Waals surface area contributed by atoms with Gasteiger partial charge in [-0.1, -0.05) is 43.0 Å². The van der Waals surface area contributed by atoms with Crippen LogP contribution in [0.5, 0.6) is 0 Å². The molecule has 3 heterocycles. The molecule has 5 nitrogen and oxygen atoms in total. The second-order valence-corrected chi connectivity index (χ2v) is 9.18. The molecule has 0 fully saturated rings. The molecule has 0 spiro atoms. The molecule has 3 aromatic heterocycles. The summed E-state index contributed by atoms with van der Waals surface area (Å²) in [5.41, 5.74) is 2.05. The first-order valence-corrected chi connectivity index (χ1v) is 11.3. The molecule has 0 saturated carbocycles. The van der Waals surface area contributed by atoms with Crippen LogP contribution in [-0.4, -0.2) is 24.9 Å². The van der Waals surface area contributed by atoms with Crippen LogP contribution >= 0.6 is 23.1 Å². The van der Waals surface area contributed by atoms with E-state index in [1.807, 2.05) is 36.4 Å². The van der Waals surface area contributed by atoms with E-state index in [1.165, 1.54) is 16.9 Å². The van der Waals surface area contributed by atoms with Crippen LogP contribution in [0.3, 0.4) is 0 Å². The fraction of sp³-hybridized carbons (Fsp3) is 0.286. The van der Waals surface area contributed by atoms with Gasteiger partial charge < -0.3 is 0 Å². The highest BCUT2D eigenvalue weighted by Crippen LogP contribution is 2.41. The van der Waals surface area contributed by atoms with Crippen molar-refractivity contribution in [1.29, 1.82) is 0 Å². The van der Waals surface area contributed by atoms with Crippen molar-refractivity contribution in [1.82, 2.24) is 19.2 Å². The highest BCUT2D eigenvalue weighted by molar-refractivity contribution is 7.99. The van der Waals surface area contributed by atoms with E-state index >= 15 is 0 Å². The zero-order valence-electron chi connectivity index (χ0n) is 15.6. The van der Waals surface area contributed by atoms with E-state index in [-0.39, 0.29) is 5.56 Å². The van der Waals surface area contributed by atoms with Crippen molar-refractivity contribution in [2.24, 2.45) is 0 Å². The highest BCUT2D eigenvalue weighted by Gasteiger charge is 2.28. The molecule has 0 bridgehead atoms. The van der Waals surface area contributed by atoms with Crippen LogP contribution < -0.4 is 5.56 Å². The quantitative estimate of drug-likeness (QED) is 0.359. The highest BCUT2D eigenvalue weighted by atomic mass is 32.2. The van der Waals surface area contributed by atoms with Crippen LogP contribution in [0.25, 0.3) is 21.7 Å². The summed E-state index contributed by atoms with van der Waals surface area (Å²) in [6.45, 7) is 6.05. The van der Waals surface area contributed by atoms with Gasteiger partial charge in [0.2, 0.25) is 5.78 Å². The topological polar surface area (TPSA) is 52.2 Å². The monoisotopic (exact) mass is 408 g/mol. The lowest BCUT2D eigenvalue weighted by atomic mass is 9.88. The summed E-state index contributed by atoms with van der Waals surface area (Å²) in [4.78, 5) is 16.0. The molecule has 1 atom stereocenters. The first-order valence-electron chi connectivity index (χ1n) is 9.45. The van der Waals surface area contributed by atoms with Crippen molar-refractivity contribution in [3.63, 3.8) is 0 Å². The molecule has 4 aromatic rings. The molecule has 0 amide bonds. The molecule has 28 heavy (non-hydrogen) atoms. The number of hydrogen-bond donors (Lipinski definition) is 0. The predicted molar refractivity (Wildman–Crippen MR) is 116 cm³/mol. The van der Waals surface area contributed by atoms with Gasteiger partial charge in [0.1, 0.15) is 4.83 Å². The van der Waals surface area contributed by atoms with E-state index in [0.717, 1.165) is 39.7 Å². The van der Waals surface area contributed by atoms with Crippen LogP contribution in [0.4, 0.5) is 0 Å². The number of rotatable bonds is 4. The normalized spacial score (nSPS) is 16.5. The maximum Gasteiger partial charge on any atom is 0.268 e. The number of fused-ring (bicyclic) bond motifs is 5. The van der Waals surface area contributed by atoms with Gasteiger partial charge in [0.05, 0.1) is 11.1 Å². The number of aryl methyl sites for hydroxylation is 1. The average Bonchev–Trinajstić information content (AvgIpc) is 3.29. The largest absolute Gasteiger partial charge is 0.268 e. The molecule has 7 heteroatoms. The second-order valence-electron chi connectivity index (χ2n) is 7.11. The number of aromatic nitrogens is 4. The van der Waals surface area contributed by atoms with Crippen molar-refractivity contribution in [2.45, 2.75) is 37.3 Å². The third-order valence-corrected chi connectivity index (χ3v) is 7.49. The summed E-state index contributed by atoms with van der Waals surface area (Å²) < 4.78 is 3.77. The van der Waals surface area contributed by atoms with E-state index in [1.54, 1.807) is 27.7 Å². The Morgan fingerprint density at radius 1 is 1.32 bits per heavy atom. The molecule has 0 unspecified atom stereocenters. The molecule has 1 aliphatic carbocycles. The van der Waals surface area contributed by atoms with Crippen molar-refractivity contribution < 1.29 is 0 Å². The minimum absolute atomic E-state index is 0.00706. The van der Waals surface area contributed by atoms with Crippen molar-refractivity contribution in [3.05, 3.63) is 63.8 Å². The summed E-state index contributed by atoms with van der Waals surface area (Å²) in [5, 5.41) is 10.5. The van der Waals surface area contributed by atoms with E-state index < -0.39 is 0 Å². The van der Waals surface area contributed by atoms with E-state index in [2.05, 4.69) is 28.1 Å². The van der Waals surface area contributed by atoms with Gasteiger partial charge in [-0.3, -0.25) is 4.79 Å². The van der Waals surface area contributed by atoms with Gasteiger partial charge in [-0.25, -0.2) is 8.97 Å². The Balaban J connectivity index is 1.95. The van der Waals surface area contributed by atoms with Gasteiger partial charge in [-0.15, -0.1) is 28.1 Å². The third-order valence-electron chi connectivity index (χ3n) is 5.32. The van der Waals surface area contributed by atoms with E-state index in [4.69, 9.17) is 0 Å². The fourth-order valence-electron chi connectivity index (χ4n) is 4.09. The molecule has 0 radical (unpaired) electrons. The van der Waals surface area contributed by atoms with E-state index in [9.17, 15) is 4.79 Å². The number of hydrogen-bond acceptors (Lipinski definition) is 5. The zero-order chi connectivity index (χ0) is 19.3. The first-order chi connectivity index (χ1) is 13.7. The van der Waals surface area contributed by atoms with Gasteiger partial charge in [-0.2, -0.15) is 0 Å². The van der Waals surface area contributed by atoms with E-state index in [0.29, 0.717) is 11.7 Å². The summed E-state index contributed by atoms with van der Waals surface area (Å²) in [5.74, 6) is 1.71. The van der Waals surface area contributed by atoms with Crippen molar-refractivity contribution in [3.8, 4) is 5.69 Å². The Kier molecular flexibility index (Phi) is 4.36. The van der Waals surface area contributed by atoms with Crippen LogP contribution in [-0.2, 0) is 6.42 Å². The van der Waals surface area contributed by atoms with Crippen molar-refractivity contribution >= 4 is 39.1 Å². The van der Waals surface area contributed by atoms with Crippen LogP contribution in [0, 0.1) is 0 Å². The van der Waals surface area contributed by atoms with Gasteiger partial charge in [0.15, 0.2) is 5.16 Å². The van der Waals surface area contributed by atoms with Gasteiger partial charge in [0.25, 0.3) is 5.56 Å². The Morgan fingerprint density at radius 3 is 2.93 bits per heavy atom. The molecule has 0 saturated heterocycles. The second kappa shape index (κ2) is 6.90. The molecule has 1 aliphatic rings. The van der Waals surface area contributed by atoms with Gasteiger partial charge >= 0.3 is 0 Å². The smallest absolute Gasteiger partial charge is 0.268 e. The SMILES string of the molecule is C=CCSc1nnc2n(-c3ccccc3)c(=O)c3c4c(sc3n12)CCC[C@H]4C. The molecular weight excluding hydrogens is 388 g/mol. The lowest BCUT2D eigenvalue weighted by molar-refractivity contribution is 0.601. The maximum absolute atomic E-state index is 13.7. The van der Waals surface area contributed by atoms with Gasteiger partial charge in [-0.05, 0) is 42.9 Å². The molecule has 0 aliphatic heterocycles. The lowest BCUT2D eigenvalue weighted by Gasteiger charge is -2.18.